The molecule has 19 heavy (non-hydrogen) atoms. The van der Waals surface area contributed by atoms with Gasteiger partial charge < -0.3 is 0 Å². The number of rotatable bonds is 11. The minimum atomic E-state index is -1.14. The number of hydrogen-bond donors (Lipinski definition) is 4. The summed E-state index contributed by atoms with van der Waals surface area (Å²) in [7, 11) is 0. The molecule has 0 aliphatic heterocycles. The Kier molecular flexibility index (Phi) is 9.90. The normalized spacial score (nSPS) is 13.8. The number of carbonyl (C=O) groups is 3. The molecule has 0 aromatic heterocycles. The molecule has 0 aliphatic rings. The van der Waals surface area contributed by atoms with E-state index in [4.69, 9.17) is 15.9 Å². The quantitative estimate of drug-likeness (QED) is 0.351. The van der Waals surface area contributed by atoms with E-state index in [-0.39, 0.29) is 17.5 Å². The maximum atomic E-state index is 11.5. The van der Waals surface area contributed by atoms with Gasteiger partial charge in [0.25, 0.3) is 0 Å². The van der Waals surface area contributed by atoms with Crippen LogP contribution in [-0.2, 0) is 14.4 Å². The first kappa shape index (κ1) is 18.4. The van der Waals surface area contributed by atoms with Crippen LogP contribution < -0.4 is 10.1 Å². The van der Waals surface area contributed by atoms with Gasteiger partial charge in [0.05, 0.1) is 0 Å². The summed E-state index contributed by atoms with van der Waals surface area (Å²) in [6.45, 7) is 0. The zero-order valence-corrected chi connectivity index (χ0v) is 13.0. The molecule has 0 aromatic rings. The Labute approximate surface area is 122 Å². The molecule has 0 aliphatic carbocycles. The zero-order chi connectivity index (χ0) is 14.8. The molecule has 0 fully saturated rings. The molecule has 0 saturated heterocycles. The fourth-order valence-electron chi connectivity index (χ4n) is 1.05. The van der Waals surface area contributed by atoms with Crippen LogP contribution in [-0.4, -0.2) is 66.1 Å². The van der Waals surface area contributed by atoms with Gasteiger partial charge in [-0.1, -0.05) is 0 Å². The van der Waals surface area contributed by atoms with Gasteiger partial charge in [0.15, 0.2) is 0 Å². The number of aliphatic carboxylic acids is 2. The summed E-state index contributed by atoms with van der Waals surface area (Å²) in [5.41, 5.74) is 5.27. The Bertz CT molecular complexity index is 329. The van der Waals surface area contributed by atoms with Crippen molar-refractivity contribution in [1.29, 1.82) is 0 Å². The third kappa shape index (κ3) is 9.01. The minimum absolute atomic E-state index is 0.0509. The topological polar surface area (TPSA) is 130 Å². The van der Waals surface area contributed by atoms with Gasteiger partial charge in [-0.15, -0.1) is 0 Å². The van der Waals surface area contributed by atoms with Crippen molar-refractivity contribution in [1.82, 2.24) is 4.33 Å². The summed E-state index contributed by atoms with van der Waals surface area (Å²) in [5.74, 6) is -1.43. The molecular formula is C10H18N2O5SSe. The van der Waals surface area contributed by atoms with Gasteiger partial charge in [-0.3, -0.25) is 0 Å². The Balaban J connectivity index is 3.98. The number of thioether (sulfide) groups is 1. The van der Waals surface area contributed by atoms with Gasteiger partial charge in [-0.05, 0) is 0 Å². The Morgan fingerprint density at radius 3 is 2.37 bits per heavy atom. The third-order valence-corrected chi connectivity index (χ3v) is 4.59. The van der Waals surface area contributed by atoms with Crippen LogP contribution in [0.1, 0.15) is 19.3 Å². The van der Waals surface area contributed by atoms with E-state index < -0.39 is 39.2 Å². The number of nitrogens with two attached hydrogens (primary N) is 1. The van der Waals surface area contributed by atoms with Crippen LogP contribution in [0.15, 0.2) is 0 Å². The van der Waals surface area contributed by atoms with Crippen molar-refractivity contribution in [2.24, 2.45) is 5.73 Å². The Morgan fingerprint density at radius 2 is 1.89 bits per heavy atom. The second kappa shape index (κ2) is 10.2. The summed E-state index contributed by atoms with van der Waals surface area (Å²) >= 11 is 0.869. The molecular weight excluding hydrogens is 339 g/mol. The number of carboxylic acids is 2. The number of carbonyl (C=O) groups excluding carboxylic acids is 1. The van der Waals surface area contributed by atoms with Crippen LogP contribution >= 0.6 is 11.8 Å². The first-order valence-corrected chi connectivity index (χ1v) is 8.64. The van der Waals surface area contributed by atoms with Crippen molar-refractivity contribution >= 4 is 43.6 Å². The number of hydrogen-bond acceptors (Lipinski definition) is 6. The predicted molar refractivity (Wildman–Crippen MR) is 73.2 cm³/mol. The molecule has 5 N–H and O–H groups in total. The van der Waals surface area contributed by atoms with Crippen LogP contribution in [0.3, 0.4) is 0 Å². The number of nitrogens with one attached hydrogen (secondary N) is 1. The average Bonchev–Trinajstić information content (AvgIpc) is 2.35. The third-order valence-electron chi connectivity index (χ3n) is 2.20. The predicted octanol–water partition coefficient (Wildman–Crippen LogP) is -0.880. The molecule has 7 nitrogen and oxygen atoms in total. The molecule has 2 unspecified atom stereocenters. The second-order valence-electron chi connectivity index (χ2n) is 3.75. The zero-order valence-electron chi connectivity index (χ0n) is 10.5. The summed E-state index contributed by atoms with van der Waals surface area (Å²) in [6.07, 6.45) is 2.44. The molecule has 0 aromatic carbocycles. The van der Waals surface area contributed by atoms with Crippen molar-refractivity contribution in [3.05, 3.63) is 0 Å². The van der Waals surface area contributed by atoms with Crippen molar-refractivity contribution in [2.75, 3.05) is 12.0 Å². The van der Waals surface area contributed by atoms with E-state index in [0.717, 1.165) is 0 Å². The molecule has 0 bridgehead atoms. The molecule has 9 heteroatoms. The Hall–Kier alpha value is -0.601. The first-order valence-electron chi connectivity index (χ1n) is 5.53. The van der Waals surface area contributed by atoms with Gasteiger partial charge >= 0.3 is 122 Å². The van der Waals surface area contributed by atoms with E-state index in [1.807, 2.05) is 6.26 Å². The van der Waals surface area contributed by atoms with Gasteiger partial charge in [0.2, 0.25) is 0 Å². The standard InChI is InChI=1S/C10H18N2O5SSe/c1-18-5-4-7(10(16)17)12-19-8(13)3-2-6(11)9(14)15/h6-7,12H,2-5,11H2,1H3,(H,14,15)(H,16,17). The number of carboxylic acid groups (broad SMARTS) is 2. The van der Waals surface area contributed by atoms with E-state index in [2.05, 4.69) is 4.33 Å². The first-order chi connectivity index (χ1) is 8.88. The average molecular weight is 357 g/mol. The molecule has 0 spiro atoms. The fourth-order valence-corrected chi connectivity index (χ4v) is 3.02. The van der Waals surface area contributed by atoms with Gasteiger partial charge in [-0.25, -0.2) is 0 Å². The van der Waals surface area contributed by atoms with E-state index in [1.165, 1.54) is 11.8 Å². The maximum absolute atomic E-state index is 11.5. The van der Waals surface area contributed by atoms with Gasteiger partial charge in [0, 0.05) is 0 Å². The van der Waals surface area contributed by atoms with Crippen molar-refractivity contribution in [3.8, 4) is 0 Å². The van der Waals surface area contributed by atoms with Crippen LogP contribution in [0.2, 0.25) is 0 Å². The summed E-state index contributed by atoms with van der Waals surface area (Å²) in [4.78, 5) is 32.9. The van der Waals surface area contributed by atoms with Crippen molar-refractivity contribution < 1.29 is 24.6 Å². The molecule has 0 heterocycles. The van der Waals surface area contributed by atoms with Crippen LogP contribution in [0, 0.1) is 0 Å². The molecule has 0 rings (SSSR count). The van der Waals surface area contributed by atoms with Crippen molar-refractivity contribution in [3.63, 3.8) is 0 Å². The van der Waals surface area contributed by atoms with E-state index >= 15 is 0 Å². The Morgan fingerprint density at radius 1 is 1.26 bits per heavy atom. The molecule has 0 radical (unpaired) electrons. The van der Waals surface area contributed by atoms with Crippen molar-refractivity contribution in [2.45, 2.75) is 31.3 Å². The van der Waals surface area contributed by atoms with E-state index in [0.29, 0.717) is 12.2 Å². The fraction of sp³-hybridized carbons (Fsp3) is 0.700. The summed E-state index contributed by atoms with van der Waals surface area (Å²) in [5, 5.41) is 17.5. The molecule has 110 valence electrons. The molecule has 0 saturated carbocycles. The van der Waals surface area contributed by atoms with E-state index in [1.54, 1.807) is 0 Å². The molecule has 2 atom stereocenters. The van der Waals surface area contributed by atoms with Crippen LogP contribution in [0.25, 0.3) is 0 Å². The summed E-state index contributed by atoms with van der Waals surface area (Å²) in [6, 6.07) is -1.78. The molecule has 0 amide bonds. The van der Waals surface area contributed by atoms with Crippen LogP contribution in [0.4, 0.5) is 0 Å². The SMILES string of the molecule is CSCCC(N[Se]C(=O)CCC(N)C(=O)O)C(=O)O. The summed E-state index contributed by atoms with van der Waals surface area (Å²) < 4.78 is 2.54. The second-order valence-corrected chi connectivity index (χ2v) is 6.61. The van der Waals surface area contributed by atoms with E-state index in [9.17, 15) is 14.4 Å². The van der Waals surface area contributed by atoms with Gasteiger partial charge in [-0.2, -0.15) is 0 Å². The van der Waals surface area contributed by atoms with Gasteiger partial charge in [0.1, 0.15) is 0 Å². The monoisotopic (exact) mass is 358 g/mol. The van der Waals surface area contributed by atoms with Crippen LogP contribution in [0.5, 0.6) is 0 Å².